The van der Waals surface area contributed by atoms with Crippen molar-refractivity contribution >= 4 is 43.5 Å². The molecule has 0 aliphatic rings. The zero-order chi connectivity index (χ0) is 24.8. The number of carbonyl (C=O) groups excluding carboxylic acids is 2. The number of hydrogen-bond donors (Lipinski definition) is 1. The number of aryl methyl sites for hydroxylation is 2. The summed E-state index contributed by atoms with van der Waals surface area (Å²) in [5.74, 6) is -0.699. The monoisotopic (exact) mass is 537 g/mol. The van der Waals surface area contributed by atoms with E-state index in [1.807, 2.05) is 52.0 Å². The summed E-state index contributed by atoms with van der Waals surface area (Å²) < 4.78 is 27.2. The minimum absolute atomic E-state index is 0.206. The summed E-state index contributed by atoms with van der Waals surface area (Å²) in [7, 11) is -3.75. The van der Waals surface area contributed by atoms with Crippen molar-refractivity contribution < 1.29 is 18.0 Å². The van der Waals surface area contributed by atoms with Crippen molar-refractivity contribution in [2.24, 2.45) is 0 Å². The van der Waals surface area contributed by atoms with Gasteiger partial charge in [-0.1, -0.05) is 47.1 Å². The minimum atomic E-state index is -3.75. The van der Waals surface area contributed by atoms with E-state index in [0.29, 0.717) is 18.7 Å². The third-order valence-electron chi connectivity index (χ3n) is 5.45. The van der Waals surface area contributed by atoms with Crippen molar-refractivity contribution in [1.82, 2.24) is 10.2 Å². The molecule has 0 bridgehead atoms. The fraction of sp³-hybridized carbons (Fsp3) is 0.417. The average molecular weight is 539 g/mol. The molecule has 2 rings (SSSR count). The molecule has 1 N–H and O–H groups in total. The van der Waals surface area contributed by atoms with Crippen LogP contribution in [-0.2, 0) is 26.2 Å². The van der Waals surface area contributed by atoms with Gasteiger partial charge in [0.2, 0.25) is 21.8 Å². The number of amides is 2. The molecule has 0 spiro atoms. The SMILES string of the molecule is CCNC(=O)[C@H](CC)N(Cc1ccccc1C)C(=O)CN(c1ccc(Br)c(C)c1)S(C)(=O)=O. The predicted octanol–water partition coefficient (Wildman–Crippen LogP) is 3.78. The van der Waals surface area contributed by atoms with E-state index >= 15 is 0 Å². The van der Waals surface area contributed by atoms with E-state index in [9.17, 15) is 18.0 Å². The number of anilines is 1. The number of hydrogen-bond acceptors (Lipinski definition) is 4. The second-order valence-corrected chi connectivity index (χ2v) is 10.7. The highest BCUT2D eigenvalue weighted by Crippen LogP contribution is 2.25. The Bertz CT molecular complexity index is 1100. The Morgan fingerprint density at radius 1 is 1.06 bits per heavy atom. The summed E-state index contributed by atoms with van der Waals surface area (Å²) in [5, 5.41) is 2.79. The number of nitrogens with one attached hydrogen (secondary N) is 1. The van der Waals surface area contributed by atoms with Crippen LogP contribution in [0.5, 0.6) is 0 Å². The quantitative estimate of drug-likeness (QED) is 0.499. The van der Waals surface area contributed by atoms with Crippen molar-refractivity contribution in [2.75, 3.05) is 23.7 Å². The molecule has 9 heteroatoms. The van der Waals surface area contributed by atoms with Gasteiger partial charge in [0.1, 0.15) is 12.6 Å². The number of rotatable bonds is 10. The summed E-state index contributed by atoms with van der Waals surface area (Å²) in [6, 6.07) is 12.0. The Balaban J connectivity index is 2.47. The maximum Gasteiger partial charge on any atom is 0.244 e. The number of likely N-dealkylation sites (N-methyl/N-ethyl adjacent to an activating group) is 1. The lowest BCUT2D eigenvalue weighted by Crippen LogP contribution is -2.52. The average Bonchev–Trinajstić information content (AvgIpc) is 2.74. The molecule has 2 aromatic rings. The Morgan fingerprint density at radius 3 is 2.27 bits per heavy atom. The molecule has 0 heterocycles. The highest BCUT2D eigenvalue weighted by atomic mass is 79.9. The second kappa shape index (κ2) is 11.7. The molecule has 0 aliphatic heterocycles. The van der Waals surface area contributed by atoms with Gasteiger partial charge in [0.05, 0.1) is 11.9 Å². The van der Waals surface area contributed by atoms with E-state index in [4.69, 9.17) is 0 Å². The molecular weight excluding hydrogens is 506 g/mol. The Morgan fingerprint density at radius 2 is 1.73 bits per heavy atom. The van der Waals surface area contributed by atoms with Crippen LogP contribution in [0.1, 0.15) is 37.0 Å². The highest BCUT2D eigenvalue weighted by Gasteiger charge is 2.31. The number of carbonyl (C=O) groups is 2. The van der Waals surface area contributed by atoms with Crippen molar-refractivity contribution in [2.45, 2.75) is 46.7 Å². The molecule has 180 valence electrons. The first-order valence-corrected chi connectivity index (χ1v) is 13.5. The van der Waals surface area contributed by atoms with Crippen LogP contribution in [0.4, 0.5) is 5.69 Å². The Hall–Kier alpha value is -2.39. The van der Waals surface area contributed by atoms with E-state index < -0.39 is 28.5 Å². The van der Waals surface area contributed by atoms with Gasteiger partial charge in [0.25, 0.3) is 0 Å². The molecule has 1 atom stereocenters. The smallest absolute Gasteiger partial charge is 0.244 e. The van der Waals surface area contributed by atoms with Crippen LogP contribution in [0.3, 0.4) is 0 Å². The Labute approximate surface area is 205 Å². The van der Waals surface area contributed by atoms with Crippen LogP contribution in [-0.4, -0.2) is 50.5 Å². The van der Waals surface area contributed by atoms with Crippen molar-refractivity contribution in [1.29, 1.82) is 0 Å². The lowest BCUT2D eigenvalue weighted by Gasteiger charge is -2.33. The third kappa shape index (κ3) is 7.04. The maximum absolute atomic E-state index is 13.6. The summed E-state index contributed by atoms with van der Waals surface area (Å²) in [6.07, 6.45) is 1.48. The van der Waals surface area contributed by atoms with Crippen LogP contribution in [0.15, 0.2) is 46.9 Å². The first-order valence-electron chi connectivity index (χ1n) is 10.8. The molecule has 2 aromatic carbocycles. The van der Waals surface area contributed by atoms with Gasteiger partial charge in [0, 0.05) is 17.6 Å². The van der Waals surface area contributed by atoms with Gasteiger partial charge in [-0.25, -0.2) is 8.42 Å². The second-order valence-electron chi connectivity index (χ2n) is 7.97. The van der Waals surface area contributed by atoms with Gasteiger partial charge in [0.15, 0.2) is 0 Å². The lowest BCUT2D eigenvalue weighted by atomic mass is 10.1. The van der Waals surface area contributed by atoms with Gasteiger partial charge in [-0.2, -0.15) is 0 Å². The van der Waals surface area contributed by atoms with Gasteiger partial charge < -0.3 is 10.2 Å². The van der Waals surface area contributed by atoms with Crippen LogP contribution in [0, 0.1) is 13.8 Å². The molecule has 0 aromatic heterocycles. The highest BCUT2D eigenvalue weighted by molar-refractivity contribution is 9.10. The lowest BCUT2D eigenvalue weighted by molar-refractivity contribution is -0.140. The van der Waals surface area contributed by atoms with Crippen LogP contribution >= 0.6 is 15.9 Å². The van der Waals surface area contributed by atoms with E-state index in [0.717, 1.165) is 31.7 Å². The normalized spacial score (nSPS) is 12.2. The van der Waals surface area contributed by atoms with E-state index in [2.05, 4.69) is 21.2 Å². The summed E-state index contributed by atoms with van der Waals surface area (Å²) in [4.78, 5) is 27.9. The first-order chi connectivity index (χ1) is 15.5. The largest absolute Gasteiger partial charge is 0.355 e. The summed E-state index contributed by atoms with van der Waals surface area (Å²) in [5.41, 5.74) is 3.14. The molecule has 2 amide bonds. The summed E-state index contributed by atoms with van der Waals surface area (Å²) in [6.45, 7) is 7.69. The number of sulfonamides is 1. The van der Waals surface area contributed by atoms with Crippen molar-refractivity contribution in [3.05, 3.63) is 63.6 Å². The maximum atomic E-state index is 13.6. The van der Waals surface area contributed by atoms with E-state index in [1.165, 1.54) is 4.90 Å². The molecule has 7 nitrogen and oxygen atoms in total. The molecular formula is C24H32BrN3O4S. The number of benzene rings is 2. The summed E-state index contributed by atoms with van der Waals surface area (Å²) >= 11 is 3.42. The van der Waals surface area contributed by atoms with Gasteiger partial charge in [-0.05, 0) is 62.1 Å². The molecule has 33 heavy (non-hydrogen) atoms. The fourth-order valence-corrected chi connectivity index (χ4v) is 4.67. The molecule has 0 fully saturated rings. The molecule has 0 saturated carbocycles. The van der Waals surface area contributed by atoms with Crippen LogP contribution in [0.25, 0.3) is 0 Å². The number of nitrogens with zero attached hydrogens (tertiary/aromatic N) is 2. The molecule has 0 unspecified atom stereocenters. The number of halogens is 1. The molecule has 0 aliphatic carbocycles. The zero-order valence-electron chi connectivity index (χ0n) is 19.8. The minimum Gasteiger partial charge on any atom is -0.355 e. The van der Waals surface area contributed by atoms with Crippen LogP contribution in [0.2, 0.25) is 0 Å². The van der Waals surface area contributed by atoms with Gasteiger partial charge in [-0.15, -0.1) is 0 Å². The predicted molar refractivity (Wildman–Crippen MR) is 136 cm³/mol. The van der Waals surface area contributed by atoms with Crippen molar-refractivity contribution in [3.8, 4) is 0 Å². The Kier molecular flexibility index (Phi) is 9.48. The molecule has 0 saturated heterocycles. The standard InChI is InChI=1S/C24H32BrN3O4S/c1-6-22(24(30)26-7-2)27(15-19-11-9-8-10-17(19)3)23(29)16-28(33(5,31)32)20-12-13-21(25)18(4)14-20/h8-14,22H,6-7,15-16H2,1-5H3,(H,26,30)/t22-/m0/s1. The van der Waals surface area contributed by atoms with Gasteiger partial charge >= 0.3 is 0 Å². The van der Waals surface area contributed by atoms with E-state index in [1.54, 1.807) is 18.2 Å². The van der Waals surface area contributed by atoms with Crippen LogP contribution < -0.4 is 9.62 Å². The zero-order valence-corrected chi connectivity index (χ0v) is 22.2. The van der Waals surface area contributed by atoms with Gasteiger partial charge in [-0.3, -0.25) is 13.9 Å². The first kappa shape index (κ1) is 26.9. The fourth-order valence-electron chi connectivity index (χ4n) is 3.58. The van der Waals surface area contributed by atoms with Crippen molar-refractivity contribution in [3.63, 3.8) is 0 Å². The molecule has 0 radical (unpaired) electrons. The van der Waals surface area contributed by atoms with E-state index in [-0.39, 0.29) is 12.5 Å². The topological polar surface area (TPSA) is 86.8 Å². The third-order valence-corrected chi connectivity index (χ3v) is 7.48.